The number of amides is 1. The summed E-state index contributed by atoms with van der Waals surface area (Å²) in [4.78, 5) is 17.9. The van der Waals surface area contributed by atoms with Crippen LogP contribution in [0.1, 0.15) is 34.1 Å². The van der Waals surface area contributed by atoms with Gasteiger partial charge in [0.2, 0.25) is 0 Å². The number of carbonyl (C=O) groups excluding carboxylic acids is 1. The first-order valence-electron chi connectivity index (χ1n) is 8.57. The van der Waals surface area contributed by atoms with Gasteiger partial charge in [-0.1, -0.05) is 62.5 Å². The lowest BCUT2D eigenvalue weighted by Gasteiger charge is -2.22. The van der Waals surface area contributed by atoms with Gasteiger partial charge in [-0.05, 0) is 24.5 Å². The number of hydrogen-bond acceptors (Lipinski definition) is 3. The molecule has 0 aliphatic rings. The zero-order chi connectivity index (χ0) is 20.4. The minimum atomic E-state index is -0.152. The normalized spacial score (nSPS) is 10.4. The number of hydrogen-bond donors (Lipinski definition) is 0. The zero-order valence-corrected chi connectivity index (χ0v) is 18.3. The van der Waals surface area contributed by atoms with E-state index in [9.17, 15) is 4.79 Å². The van der Waals surface area contributed by atoms with E-state index in [4.69, 9.17) is 39.5 Å². The Morgan fingerprint density at radius 2 is 1.74 bits per heavy atom. The number of aromatic nitrogens is 2. The van der Waals surface area contributed by atoms with E-state index >= 15 is 0 Å². The Kier molecular flexibility index (Phi) is 10.6. The Balaban J connectivity index is 0.000000828. The average molecular weight is 434 g/mol. The summed E-state index contributed by atoms with van der Waals surface area (Å²) in [6.45, 7) is 9.53. The van der Waals surface area contributed by atoms with Gasteiger partial charge in [-0.2, -0.15) is 0 Å². The Morgan fingerprint density at radius 3 is 2.22 bits per heavy atom. The van der Waals surface area contributed by atoms with Gasteiger partial charge < -0.3 is 9.64 Å². The molecule has 0 atom stereocenters. The van der Waals surface area contributed by atoms with Crippen molar-refractivity contribution in [2.75, 3.05) is 19.7 Å². The highest BCUT2D eigenvalue weighted by atomic mass is 35.5. The maximum atomic E-state index is 12.3. The van der Waals surface area contributed by atoms with E-state index in [1.54, 1.807) is 29.4 Å². The van der Waals surface area contributed by atoms with Crippen LogP contribution in [0.5, 0.6) is 5.75 Å². The average Bonchev–Trinajstić information content (AvgIpc) is 3.09. The first-order valence-corrected chi connectivity index (χ1v) is 9.71. The first-order chi connectivity index (χ1) is 12.8. The van der Waals surface area contributed by atoms with E-state index in [1.807, 2.05) is 6.92 Å². The Morgan fingerprint density at radius 1 is 1.15 bits per heavy atom. The van der Waals surface area contributed by atoms with Gasteiger partial charge in [0.15, 0.2) is 5.75 Å². The number of halogens is 3. The fourth-order valence-corrected chi connectivity index (χ4v) is 2.96. The van der Waals surface area contributed by atoms with Crippen molar-refractivity contribution in [2.45, 2.75) is 34.1 Å². The summed E-state index contributed by atoms with van der Waals surface area (Å²) in [7, 11) is 0. The molecular formula is C19H25Cl3N3O2. The van der Waals surface area contributed by atoms with Crippen LogP contribution in [0.25, 0.3) is 0 Å². The van der Waals surface area contributed by atoms with Crippen molar-refractivity contribution in [1.29, 1.82) is 0 Å². The molecule has 5 nitrogen and oxygen atoms in total. The highest BCUT2D eigenvalue weighted by Crippen LogP contribution is 2.35. The highest BCUT2D eigenvalue weighted by molar-refractivity contribution is 6.40. The number of rotatable bonds is 6. The molecule has 2 rings (SSSR count). The lowest BCUT2D eigenvalue weighted by Crippen LogP contribution is -2.37. The quantitative estimate of drug-likeness (QED) is 0.543. The molecule has 0 fully saturated rings. The van der Waals surface area contributed by atoms with E-state index in [2.05, 4.69) is 25.8 Å². The molecular weight excluding hydrogens is 409 g/mol. The summed E-state index contributed by atoms with van der Waals surface area (Å²) in [6.07, 6.45) is 5.48. The van der Waals surface area contributed by atoms with E-state index in [-0.39, 0.29) is 12.6 Å². The first kappa shape index (κ1) is 23.6. The van der Waals surface area contributed by atoms with Gasteiger partial charge in [0.05, 0.1) is 16.6 Å². The van der Waals surface area contributed by atoms with Gasteiger partial charge in [-0.15, -0.1) is 0 Å². The second-order valence-corrected chi connectivity index (χ2v) is 7.54. The number of ether oxygens (including phenoxy) is 1. The largest absolute Gasteiger partial charge is 0.489 e. The number of benzene rings is 1. The van der Waals surface area contributed by atoms with E-state index < -0.39 is 0 Å². The van der Waals surface area contributed by atoms with Crippen molar-refractivity contribution in [3.63, 3.8) is 0 Å². The summed E-state index contributed by atoms with van der Waals surface area (Å²) >= 11 is 18.0. The summed E-state index contributed by atoms with van der Waals surface area (Å²) < 4.78 is 7.05. The minimum Gasteiger partial charge on any atom is -0.489 e. The van der Waals surface area contributed by atoms with Crippen LogP contribution in [0.15, 0.2) is 30.9 Å². The minimum absolute atomic E-state index is 0.152. The molecule has 27 heavy (non-hydrogen) atoms. The molecule has 0 unspecified atom stereocenters. The molecule has 1 amide bonds. The van der Waals surface area contributed by atoms with Gasteiger partial charge in [-0.25, -0.2) is 9.78 Å². The fraction of sp³-hybridized carbons (Fsp3) is 0.421. The zero-order valence-electron chi connectivity index (χ0n) is 16.0. The molecule has 8 heteroatoms. The Bertz CT molecular complexity index is 680. The van der Waals surface area contributed by atoms with Crippen LogP contribution in [0.4, 0.5) is 4.79 Å². The number of carbonyl (C=O) groups is 1. The molecule has 1 radical (unpaired) electrons. The fourth-order valence-electron chi connectivity index (χ4n) is 2.03. The predicted molar refractivity (Wildman–Crippen MR) is 112 cm³/mol. The maximum absolute atomic E-state index is 12.3. The molecule has 0 saturated heterocycles. The topological polar surface area (TPSA) is 47.4 Å². The molecule has 1 aromatic heterocycles. The summed E-state index contributed by atoms with van der Waals surface area (Å²) in [5.41, 5.74) is 0. The summed E-state index contributed by atoms with van der Waals surface area (Å²) in [5, 5.41) is 1.12. The molecule has 0 saturated carbocycles. The van der Waals surface area contributed by atoms with Crippen molar-refractivity contribution in [2.24, 2.45) is 0 Å². The summed E-state index contributed by atoms with van der Waals surface area (Å²) in [5.74, 6) is 1.78. The standard InChI is InChI=1S/C15H16Cl3N3O2.C4H9/c1-2-4-20(15(22)21-5-3-19-10-21)6-7-23-14-12(17)8-11(16)9-13(14)18;1-4(2)3/h3,5,8-10H,2,4,6-7H2,1H3;1-3H3. The van der Waals surface area contributed by atoms with Crippen molar-refractivity contribution in [3.05, 3.63) is 51.8 Å². The van der Waals surface area contributed by atoms with Crippen LogP contribution in [-0.4, -0.2) is 40.2 Å². The van der Waals surface area contributed by atoms with E-state index in [0.717, 1.165) is 6.42 Å². The lowest BCUT2D eigenvalue weighted by molar-refractivity contribution is 0.184. The van der Waals surface area contributed by atoms with Gasteiger partial charge >= 0.3 is 6.03 Å². The van der Waals surface area contributed by atoms with Crippen LogP contribution in [-0.2, 0) is 0 Å². The second kappa shape index (κ2) is 12.1. The van der Waals surface area contributed by atoms with Crippen LogP contribution >= 0.6 is 34.8 Å². The van der Waals surface area contributed by atoms with E-state index in [0.29, 0.717) is 33.9 Å². The third kappa shape index (κ3) is 8.41. The Hall–Kier alpha value is -1.43. The molecule has 1 aromatic carbocycles. The monoisotopic (exact) mass is 432 g/mol. The predicted octanol–water partition coefficient (Wildman–Crippen LogP) is 6.22. The second-order valence-electron chi connectivity index (χ2n) is 6.29. The van der Waals surface area contributed by atoms with Crippen molar-refractivity contribution in [3.8, 4) is 5.75 Å². The van der Waals surface area contributed by atoms with Crippen molar-refractivity contribution in [1.82, 2.24) is 14.5 Å². The molecule has 0 aliphatic heterocycles. The SMILES string of the molecule is CCCN(CCOc1c(Cl)cc(Cl)cc1Cl)C(=O)n1ccnc1.C[C](C)C. The lowest BCUT2D eigenvalue weighted by atomic mass is 10.3. The highest BCUT2D eigenvalue weighted by Gasteiger charge is 2.15. The molecule has 0 aliphatic carbocycles. The summed E-state index contributed by atoms with van der Waals surface area (Å²) in [6, 6.07) is 2.97. The third-order valence-electron chi connectivity index (χ3n) is 3.06. The van der Waals surface area contributed by atoms with Crippen molar-refractivity contribution < 1.29 is 9.53 Å². The molecule has 0 spiro atoms. The van der Waals surface area contributed by atoms with Crippen molar-refractivity contribution >= 4 is 40.8 Å². The van der Waals surface area contributed by atoms with Crippen LogP contribution < -0.4 is 4.74 Å². The maximum Gasteiger partial charge on any atom is 0.329 e. The van der Waals surface area contributed by atoms with Gasteiger partial charge in [0, 0.05) is 24.0 Å². The molecule has 1 heterocycles. The van der Waals surface area contributed by atoms with Crippen LogP contribution in [0, 0.1) is 5.92 Å². The molecule has 2 aromatic rings. The number of nitrogens with zero attached hydrogens (tertiary/aromatic N) is 3. The third-order valence-corrected chi connectivity index (χ3v) is 3.84. The smallest absolute Gasteiger partial charge is 0.329 e. The van der Waals surface area contributed by atoms with E-state index in [1.165, 1.54) is 16.8 Å². The molecule has 149 valence electrons. The molecule has 0 bridgehead atoms. The van der Waals surface area contributed by atoms with Crippen LogP contribution in [0.2, 0.25) is 15.1 Å². The molecule has 0 N–H and O–H groups in total. The van der Waals surface area contributed by atoms with Gasteiger partial charge in [0.1, 0.15) is 12.9 Å². The van der Waals surface area contributed by atoms with Gasteiger partial charge in [-0.3, -0.25) is 4.57 Å². The number of imidazole rings is 1. The van der Waals surface area contributed by atoms with Gasteiger partial charge in [0.25, 0.3) is 0 Å². The Labute approximate surface area is 176 Å². The van der Waals surface area contributed by atoms with Crippen LogP contribution in [0.3, 0.4) is 0 Å².